The number of hydrogen-bond donors (Lipinski definition) is 1. The van der Waals surface area contributed by atoms with Gasteiger partial charge >= 0.3 is 0 Å². The van der Waals surface area contributed by atoms with Crippen LogP contribution in [0.3, 0.4) is 0 Å². The van der Waals surface area contributed by atoms with Gasteiger partial charge in [-0.1, -0.05) is 13.8 Å². The first-order chi connectivity index (χ1) is 6.22. The molecule has 1 heterocycles. The molecule has 74 valence electrons. The van der Waals surface area contributed by atoms with Crippen LogP contribution in [0.5, 0.6) is 0 Å². The Morgan fingerprint density at radius 1 is 1.31 bits per heavy atom. The van der Waals surface area contributed by atoms with Crippen LogP contribution in [0.4, 0.5) is 0 Å². The molecule has 1 aromatic heterocycles. The molecule has 0 fully saturated rings. The molecule has 0 bridgehead atoms. The second-order valence-electron chi connectivity index (χ2n) is 3.55. The van der Waals surface area contributed by atoms with E-state index in [9.17, 15) is 0 Å². The van der Waals surface area contributed by atoms with Crippen molar-refractivity contribution >= 4 is 11.3 Å². The van der Waals surface area contributed by atoms with E-state index in [1.54, 1.807) is 11.3 Å². The zero-order valence-electron chi connectivity index (χ0n) is 8.50. The van der Waals surface area contributed by atoms with E-state index in [2.05, 4.69) is 29.4 Å². The summed E-state index contributed by atoms with van der Waals surface area (Å²) < 4.78 is 0. The number of aryl methyl sites for hydroxylation is 1. The number of nitrogens with one attached hydrogen (secondary N) is 1. The molecule has 0 saturated heterocycles. The van der Waals surface area contributed by atoms with Crippen LogP contribution in [0.15, 0.2) is 0 Å². The fourth-order valence-corrected chi connectivity index (χ4v) is 1.90. The van der Waals surface area contributed by atoms with Crippen molar-refractivity contribution in [3.8, 4) is 0 Å². The molecule has 0 unspecified atom stereocenters. The van der Waals surface area contributed by atoms with Crippen molar-refractivity contribution in [2.75, 3.05) is 7.05 Å². The zero-order valence-corrected chi connectivity index (χ0v) is 9.32. The normalized spacial score (nSPS) is 11.1. The third kappa shape index (κ3) is 3.83. The molecular weight excluding hydrogens is 182 g/mol. The van der Waals surface area contributed by atoms with Crippen molar-refractivity contribution in [2.45, 2.75) is 33.2 Å². The third-order valence-electron chi connectivity index (χ3n) is 1.77. The summed E-state index contributed by atoms with van der Waals surface area (Å²) in [5.74, 6) is 0.747. The van der Waals surface area contributed by atoms with Crippen molar-refractivity contribution in [2.24, 2.45) is 5.92 Å². The van der Waals surface area contributed by atoms with Crippen LogP contribution < -0.4 is 5.32 Å². The maximum atomic E-state index is 4.14. The Morgan fingerprint density at radius 3 is 2.62 bits per heavy atom. The van der Waals surface area contributed by atoms with Crippen molar-refractivity contribution < 1.29 is 0 Å². The van der Waals surface area contributed by atoms with E-state index in [4.69, 9.17) is 0 Å². The minimum atomic E-state index is 0.747. The summed E-state index contributed by atoms with van der Waals surface area (Å²) in [6.45, 7) is 5.30. The van der Waals surface area contributed by atoms with Gasteiger partial charge in [-0.15, -0.1) is 21.5 Å². The summed E-state index contributed by atoms with van der Waals surface area (Å²) >= 11 is 1.71. The molecule has 0 spiro atoms. The lowest BCUT2D eigenvalue weighted by molar-refractivity contribution is 0.583. The molecule has 0 atom stereocenters. The molecule has 1 rings (SSSR count). The molecule has 1 N–H and O–H groups in total. The van der Waals surface area contributed by atoms with E-state index in [0.717, 1.165) is 23.9 Å². The van der Waals surface area contributed by atoms with Crippen molar-refractivity contribution in [1.82, 2.24) is 15.5 Å². The topological polar surface area (TPSA) is 37.8 Å². The van der Waals surface area contributed by atoms with Crippen LogP contribution in [-0.2, 0) is 13.0 Å². The lowest BCUT2D eigenvalue weighted by atomic mass is 10.1. The molecular formula is C9H17N3S. The molecule has 0 aromatic carbocycles. The van der Waals surface area contributed by atoms with Gasteiger partial charge in [-0.05, 0) is 19.4 Å². The third-order valence-corrected chi connectivity index (χ3v) is 2.76. The van der Waals surface area contributed by atoms with Crippen LogP contribution in [-0.4, -0.2) is 17.2 Å². The first-order valence-corrected chi connectivity index (χ1v) is 5.50. The van der Waals surface area contributed by atoms with E-state index in [-0.39, 0.29) is 0 Å². The van der Waals surface area contributed by atoms with Gasteiger partial charge < -0.3 is 5.32 Å². The highest BCUT2D eigenvalue weighted by Crippen LogP contribution is 2.13. The number of aromatic nitrogens is 2. The second kappa shape index (κ2) is 5.29. The van der Waals surface area contributed by atoms with E-state index >= 15 is 0 Å². The summed E-state index contributed by atoms with van der Waals surface area (Å²) in [6, 6.07) is 0. The molecule has 0 saturated carbocycles. The first kappa shape index (κ1) is 10.6. The smallest absolute Gasteiger partial charge is 0.131 e. The SMILES string of the molecule is CNCc1nnc(CCC(C)C)s1. The fraction of sp³-hybridized carbons (Fsp3) is 0.778. The molecule has 0 amide bonds. The highest BCUT2D eigenvalue weighted by atomic mass is 32.1. The molecule has 3 nitrogen and oxygen atoms in total. The molecule has 0 aliphatic rings. The van der Waals surface area contributed by atoms with Gasteiger partial charge in [0.25, 0.3) is 0 Å². The average Bonchev–Trinajstić information content (AvgIpc) is 2.50. The van der Waals surface area contributed by atoms with Gasteiger partial charge in [0.2, 0.25) is 0 Å². The Hall–Kier alpha value is -0.480. The largest absolute Gasteiger partial charge is 0.313 e. The van der Waals surface area contributed by atoms with Crippen molar-refractivity contribution in [3.63, 3.8) is 0 Å². The van der Waals surface area contributed by atoms with E-state index in [0.29, 0.717) is 0 Å². The highest BCUT2D eigenvalue weighted by Gasteiger charge is 2.03. The molecule has 0 radical (unpaired) electrons. The van der Waals surface area contributed by atoms with Gasteiger partial charge in [-0.2, -0.15) is 0 Å². The zero-order chi connectivity index (χ0) is 9.68. The minimum absolute atomic E-state index is 0.747. The lowest BCUT2D eigenvalue weighted by Crippen LogP contribution is -2.04. The minimum Gasteiger partial charge on any atom is -0.313 e. The monoisotopic (exact) mass is 199 g/mol. The average molecular weight is 199 g/mol. The van der Waals surface area contributed by atoms with Crippen molar-refractivity contribution in [3.05, 3.63) is 10.0 Å². The number of hydrogen-bond acceptors (Lipinski definition) is 4. The molecule has 0 aliphatic carbocycles. The highest BCUT2D eigenvalue weighted by molar-refractivity contribution is 7.11. The predicted octanol–water partition coefficient (Wildman–Crippen LogP) is 1.85. The van der Waals surface area contributed by atoms with Gasteiger partial charge in [-0.25, -0.2) is 0 Å². The Labute approximate surface area is 83.6 Å². The maximum Gasteiger partial charge on any atom is 0.131 e. The summed E-state index contributed by atoms with van der Waals surface area (Å²) in [5.41, 5.74) is 0. The van der Waals surface area contributed by atoms with Crippen LogP contribution in [0.25, 0.3) is 0 Å². The first-order valence-electron chi connectivity index (χ1n) is 4.68. The number of rotatable bonds is 5. The van der Waals surface area contributed by atoms with Crippen molar-refractivity contribution in [1.29, 1.82) is 0 Å². The molecule has 13 heavy (non-hydrogen) atoms. The van der Waals surface area contributed by atoms with Gasteiger partial charge in [0.05, 0.1) is 0 Å². The van der Waals surface area contributed by atoms with Gasteiger partial charge in [0.1, 0.15) is 10.0 Å². The van der Waals surface area contributed by atoms with Gasteiger partial charge in [0, 0.05) is 13.0 Å². The summed E-state index contributed by atoms with van der Waals surface area (Å²) in [4.78, 5) is 0. The lowest BCUT2D eigenvalue weighted by Gasteiger charge is -1.99. The standard InChI is InChI=1S/C9H17N3S/c1-7(2)4-5-8-11-12-9(13-8)6-10-3/h7,10H,4-6H2,1-3H3. The van der Waals surface area contributed by atoms with Crippen LogP contribution in [0.1, 0.15) is 30.3 Å². The Kier molecular flexibility index (Phi) is 4.32. The summed E-state index contributed by atoms with van der Waals surface area (Å²) in [7, 11) is 1.93. The fourth-order valence-electron chi connectivity index (χ4n) is 1.02. The Morgan fingerprint density at radius 2 is 2.00 bits per heavy atom. The Balaban J connectivity index is 2.39. The summed E-state index contributed by atoms with van der Waals surface area (Å²) in [5, 5.41) is 13.5. The summed E-state index contributed by atoms with van der Waals surface area (Å²) in [6.07, 6.45) is 2.27. The predicted molar refractivity (Wildman–Crippen MR) is 55.8 cm³/mol. The quantitative estimate of drug-likeness (QED) is 0.786. The molecule has 1 aromatic rings. The van der Waals surface area contributed by atoms with Crippen LogP contribution in [0, 0.1) is 5.92 Å². The van der Waals surface area contributed by atoms with Crippen LogP contribution >= 0.6 is 11.3 Å². The second-order valence-corrected chi connectivity index (χ2v) is 4.70. The molecule has 4 heteroatoms. The molecule has 0 aliphatic heterocycles. The maximum absolute atomic E-state index is 4.14. The number of nitrogens with zero attached hydrogens (tertiary/aromatic N) is 2. The van der Waals surface area contributed by atoms with Crippen LogP contribution in [0.2, 0.25) is 0 Å². The van der Waals surface area contributed by atoms with Gasteiger partial charge in [-0.3, -0.25) is 0 Å². The van der Waals surface area contributed by atoms with E-state index in [1.165, 1.54) is 11.4 Å². The Bertz CT molecular complexity index is 245. The van der Waals surface area contributed by atoms with E-state index < -0.39 is 0 Å². The van der Waals surface area contributed by atoms with Gasteiger partial charge in [0.15, 0.2) is 0 Å². The van der Waals surface area contributed by atoms with E-state index in [1.807, 2.05) is 7.05 Å².